The molecule has 1 aromatic carbocycles. The van der Waals surface area contributed by atoms with Crippen LogP contribution in [-0.4, -0.2) is 42.2 Å². The van der Waals surface area contributed by atoms with Gasteiger partial charge in [0.1, 0.15) is 0 Å². The number of hydrogen-bond donors (Lipinski definition) is 2. The molecule has 1 saturated carbocycles. The number of esters is 1. The Morgan fingerprint density at radius 1 is 1.30 bits per heavy atom. The number of halogens is 2. The molecule has 1 aromatic rings. The first-order valence-corrected chi connectivity index (χ1v) is 7.61. The largest absolute Gasteiger partial charge is 0.504 e. The van der Waals surface area contributed by atoms with Crippen LogP contribution in [0.4, 0.5) is 0 Å². The van der Waals surface area contributed by atoms with E-state index >= 15 is 0 Å². The summed E-state index contributed by atoms with van der Waals surface area (Å²) in [4.78, 5) is 13.5. The van der Waals surface area contributed by atoms with Crippen LogP contribution in [0.2, 0.25) is 0 Å². The minimum absolute atomic E-state index is 0. The van der Waals surface area contributed by atoms with Crippen molar-refractivity contribution in [2.45, 2.75) is 25.8 Å². The Hall–Kier alpha value is -1.01. The second kappa shape index (κ2) is 8.73. The maximum absolute atomic E-state index is 11.0. The van der Waals surface area contributed by atoms with Gasteiger partial charge in [-0.1, -0.05) is 6.07 Å². The normalized spacial score (nSPS) is 19.2. The SMILES string of the molecule is CC(=O)Oc1ccc([C@H](C2CC2)N2CCNCC2)cc1O.Cl.Cl. The number of benzene rings is 1. The molecule has 1 saturated heterocycles. The molecule has 1 heterocycles. The molecule has 0 spiro atoms. The van der Waals surface area contributed by atoms with Gasteiger partial charge in [0, 0.05) is 39.1 Å². The molecule has 7 heteroatoms. The Morgan fingerprint density at radius 3 is 2.48 bits per heavy atom. The van der Waals surface area contributed by atoms with Crippen molar-refractivity contribution < 1.29 is 14.6 Å². The number of aromatic hydroxyl groups is 1. The van der Waals surface area contributed by atoms with Crippen LogP contribution in [0.1, 0.15) is 31.4 Å². The Morgan fingerprint density at radius 2 is 1.96 bits per heavy atom. The number of phenols is 1. The Labute approximate surface area is 149 Å². The maximum atomic E-state index is 11.0. The van der Waals surface area contributed by atoms with E-state index < -0.39 is 5.97 Å². The lowest BCUT2D eigenvalue weighted by molar-refractivity contribution is -0.132. The third-order valence-corrected chi connectivity index (χ3v) is 4.19. The number of phenolic OH excluding ortho intramolecular Hbond substituents is 1. The Kier molecular flexibility index (Phi) is 7.61. The van der Waals surface area contributed by atoms with E-state index in [1.165, 1.54) is 19.8 Å². The van der Waals surface area contributed by atoms with Gasteiger partial charge in [0.25, 0.3) is 0 Å². The summed E-state index contributed by atoms with van der Waals surface area (Å²) < 4.78 is 4.99. The quantitative estimate of drug-likeness (QED) is 0.636. The van der Waals surface area contributed by atoms with Crippen molar-refractivity contribution in [3.05, 3.63) is 23.8 Å². The van der Waals surface area contributed by atoms with Crippen molar-refractivity contribution in [2.24, 2.45) is 5.92 Å². The van der Waals surface area contributed by atoms with Gasteiger partial charge in [-0.2, -0.15) is 0 Å². The summed E-state index contributed by atoms with van der Waals surface area (Å²) in [7, 11) is 0. The van der Waals surface area contributed by atoms with Gasteiger partial charge < -0.3 is 15.2 Å². The molecule has 23 heavy (non-hydrogen) atoms. The second-order valence-electron chi connectivity index (χ2n) is 5.89. The fraction of sp³-hybridized carbons (Fsp3) is 0.562. The number of carbonyl (C=O) groups is 1. The molecule has 0 radical (unpaired) electrons. The van der Waals surface area contributed by atoms with Crippen molar-refractivity contribution in [2.75, 3.05) is 26.2 Å². The summed E-state index contributed by atoms with van der Waals surface area (Å²) in [5.74, 6) is 0.547. The molecule has 2 aliphatic rings. The van der Waals surface area contributed by atoms with E-state index in [1.807, 2.05) is 6.07 Å². The smallest absolute Gasteiger partial charge is 0.308 e. The number of hydrogen-bond acceptors (Lipinski definition) is 5. The number of carbonyl (C=O) groups excluding carboxylic acids is 1. The highest BCUT2D eigenvalue weighted by Crippen LogP contribution is 2.46. The average Bonchev–Trinajstić information content (AvgIpc) is 3.28. The number of piperazine rings is 1. The first kappa shape index (κ1) is 20.0. The molecule has 0 unspecified atom stereocenters. The van der Waals surface area contributed by atoms with Crippen LogP contribution in [0.15, 0.2) is 18.2 Å². The third-order valence-electron chi connectivity index (χ3n) is 4.19. The lowest BCUT2D eigenvalue weighted by Gasteiger charge is -2.35. The van der Waals surface area contributed by atoms with Gasteiger partial charge in [0.2, 0.25) is 0 Å². The summed E-state index contributed by atoms with van der Waals surface area (Å²) in [5.41, 5.74) is 1.12. The fourth-order valence-electron chi connectivity index (χ4n) is 3.11. The molecule has 2 N–H and O–H groups in total. The molecular formula is C16H24Cl2N2O3. The predicted molar refractivity (Wildman–Crippen MR) is 93.8 cm³/mol. The van der Waals surface area contributed by atoms with Gasteiger partial charge >= 0.3 is 5.97 Å². The van der Waals surface area contributed by atoms with Gasteiger partial charge in [-0.25, -0.2) is 0 Å². The minimum atomic E-state index is -0.418. The number of nitrogens with one attached hydrogen (secondary N) is 1. The first-order chi connectivity index (χ1) is 10.1. The van der Waals surface area contributed by atoms with Crippen molar-refractivity contribution in [3.63, 3.8) is 0 Å². The highest BCUT2D eigenvalue weighted by atomic mass is 35.5. The molecule has 5 nitrogen and oxygen atoms in total. The highest BCUT2D eigenvalue weighted by Gasteiger charge is 2.37. The summed E-state index contributed by atoms with van der Waals surface area (Å²) in [6.07, 6.45) is 2.50. The summed E-state index contributed by atoms with van der Waals surface area (Å²) >= 11 is 0. The monoisotopic (exact) mass is 362 g/mol. The zero-order chi connectivity index (χ0) is 14.8. The second-order valence-corrected chi connectivity index (χ2v) is 5.89. The van der Waals surface area contributed by atoms with Crippen LogP contribution in [0, 0.1) is 5.92 Å². The van der Waals surface area contributed by atoms with E-state index in [0.29, 0.717) is 12.0 Å². The molecule has 0 aromatic heterocycles. The lowest BCUT2D eigenvalue weighted by atomic mass is 9.99. The van der Waals surface area contributed by atoms with Crippen LogP contribution in [-0.2, 0) is 4.79 Å². The molecule has 1 aliphatic carbocycles. The van der Waals surface area contributed by atoms with Crippen molar-refractivity contribution in [1.82, 2.24) is 10.2 Å². The molecule has 1 atom stereocenters. The molecule has 0 bridgehead atoms. The van der Waals surface area contributed by atoms with E-state index in [2.05, 4.69) is 10.2 Å². The molecule has 3 rings (SSSR count). The zero-order valence-electron chi connectivity index (χ0n) is 13.2. The first-order valence-electron chi connectivity index (χ1n) is 7.61. The van der Waals surface area contributed by atoms with Gasteiger partial charge in [-0.15, -0.1) is 24.8 Å². The number of nitrogens with zero attached hydrogens (tertiary/aromatic N) is 1. The Bertz CT molecular complexity index is 532. The van der Waals surface area contributed by atoms with E-state index in [9.17, 15) is 9.90 Å². The van der Waals surface area contributed by atoms with E-state index in [0.717, 1.165) is 31.7 Å². The summed E-state index contributed by atoms with van der Waals surface area (Å²) in [6.45, 7) is 5.43. The molecule has 0 amide bonds. The zero-order valence-corrected chi connectivity index (χ0v) is 14.8. The molecule has 2 fully saturated rings. The maximum Gasteiger partial charge on any atom is 0.308 e. The standard InChI is InChI=1S/C16H22N2O3.2ClH/c1-11(19)21-15-5-4-13(10-14(15)20)16(12-2-3-12)18-8-6-17-7-9-18;;/h4-5,10,12,16-17,20H,2-3,6-9H2,1H3;2*1H/t16-;;/m0../s1. The van der Waals surface area contributed by atoms with Crippen molar-refractivity contribution in [1.29, 1.82) is 0 Å². The van der Waals surface area contributed by atoms with Crippen molar-refractivity contribution >= 4 is 30.8 Å². The van der Waals surface area contributed by atoms with E-state index in [1.54, 1.807) is 12.1 Å². The van der Waals surface area contributed by atoms with Gasteiger partial charge in [-0.3, -0.25) is 9.69 Å². The van der Waals surface area contributed by atoms with Crippen LogP contribution in [0.25, 0.3) is 0 Å². The van der Waals surface area contributed by atoms with Crippen LogP contribution < -0.4 is 10.1 Å². The number of rotatable bonds is 4. The van der Waals surface area contributed by atoms with Crippen LogP contribution in [0.3, 0.4) is 0 Å². The van der Waals surface area contributed by atoms with Gasteiger partial charge in [0.05, 0.1) is 0 Å². The van der Waals surface area contributed by atoms with Crippen LogP contribution in [0.5, 0.6) is 11.5 Å². The number of ether oxygens (including phenoxy) is 1. The fourth-order valence-corrected chi connectivity index (χ4v) is 3.11. The molecule has 1 aliphatic heterocycles. The highest BCUT2D eigenvalue weighted by molar-refractivity contribution is 5.85. The van der Waals surface area contributed by atoms with Gasteiger partial charge in [-0.05, 0) is 36.5 Å². The van der Waals surface area contributed by atoms with E-state index in [4.69, 9.17) is 4.74 Å². The van der Waals surface area contributed by atoms with Gasteiger partial charge in [0.15, 0.2) is 11.5 Å². The molecule has 130 valence electrons. The topological polar surface area (TPSA) is 61.8 Å². The van der Waals surface area contributed by atoms with Crippen LogP contribution >= 0.6 is 24.8 Å². The summed E-state index contributed by atoms with van der Waals surface area (Å²) in [5, 5.41) is 13.5. The summed E-state index contributed by atoms with van der Waals surface area (Å²) in [6, 6.07) is 5.79. The third kappa shape index (κ3) is 4.98. The van der Waals surface area contributed by atoms with E-state index in [-0.39, 0.29) is 36.3 Å². The molecular weight excluding hydrogens is 339 g/mol. The average molecular weight is 363 g/mol. The predicted octanol–water partition coefficient (Wildman–Crippen LogP) is 2.52. The Balaban J connectivity index is 0.00000132. The minimum Gasteiger partial charge on any atom is -0.504 e. The lowest BCUT2D eigenvalue weighted by Crippen LogP contribution is -2.45. The van der Waals surface area contributed by atoms with Crippen molar-refractivity contribution in [3.8, 4) is 11.5 Å².